The van der Waals surface area contributed by atoms with Crippen molar-refractivity contribution in [2.75, 3.05) is 46.4 Å². The number of amides is 1. The molecule has 1 aliphatic rings. The fraction of sp³-hybridized carbons (Fsp3) is 0.476. The molecule has 0 aliphatic carbocycles. The van der Waals surface area contributed by atoms with Crippen LogP contribution >= 0.6 is 11.6 Å². The molecule has 1 N–H and O–H groups in total. The largest absolute Gasteiger partial charge is 0.484 e. The van der Waals surface area contributed by atoms with E-state index in [0.717, 1.165) is 43.3 Å². The molecule has 0 radical (unpaired) electrons. The second kappa shape index (κ2) is 9.45. The monoisotopic (exact) mass is 405 g/mol. The van der Waals surface area contributed by atoms with E-state index in [1.165, 1.54) is 0 Å². The number of benzene rings is 1. The molecular formula is C21H28ClN3O3. The molecule has 3 rings (SSSR count). The van der Waals surface area contributed by atoms with Crippen molar-refractivity contribution >= 4 is 17.5 Å². The lowest BCUT2D eigenvalue weighted by Crippen LogP contribution is -2.48. The molecule has 1 aromatic heterocycles. The van der Waals surface area contributed by atoms with Gasteiger partial charge in [0.15, 0.2) is 6.61 Å². The van der Waals surface area contributed by atoms with E-state index in [9.17, 15) is 4.79 Å². The van der Waals surface area contributed by atoms with Gasteiger partial charge in [-0.05, 0) is 56.8 Å². The molecular weight excluding hydrogens is 378 g/mol. The smallest absolute Gasteiger partial charge is 0.258 e. The first-order chi connectivity index (χ1) is 13.4. The highest BCUT2D eigenvalue weighted by Gasteiger charge is 2.26. The fourth-order valence-corrected chi connectivity index (χ4v) is 3.41. The normalized spacial score (nSPS) is 16.7. The number of hydrogen-bond donors (Lipinski definition) is 1. The first kappa shape index (κ1) is 20.7. The highest BCUT2D eigenvalue weighted by molar-refractivity contribution is 6.31. The first-order valence-corrected chi connectivity index (χ1v) is 9.95. The van der Waals surface area contributed by atoms with Crippen LogP contribution < -0.4 is 10.1 Å². The maximum absolute atomic E-state index is 12.3. The van der Waals surface area contributed by atoms with Gasteiger partial charge in [-0.2, -0.15) is 0 Å². The predicted octanol–water partition coefficient (Wildman–Crippen LogP) is 3.03. The van der Waals surface area contributed by atoms with Gasteiger partial charge in [-0.15, -0.1) is 0 Å². The molecule has 1 saturated heterocycles. The fourth-order valence-electron chi connectivity index (χ4n) is 3.29. The summed E-state index contributed by atoms with van der Waals surface area (Å²) in [4.78, 5) is 17.0. The quantitative estimate of drug-likeness (QED) is 0.767. The van der Waals surface area contributed by atoms with E-state index >= 15 is 0 Å². The van der Waals surface area contributed by atoms with Crippen molar-refractivity contribution in [3.05, 3.63) is 52.4 Å². The summed E-state index contributed by atoms with van der Waals surface area (Å²) in [5.74, 6) is 2.24. The summed E-state index contributed by atoms with van der Waals surface area (Å²) in [5.41, 5.74) is 0.919. The minimum Gasteiger partial charge on any atom is -0.484 e. The third-order valence-electron chi connectivity index (χ3n) is 5.06. The third kappa shape index (κ3) is 5.50. The molecule has 1 amide bonds. The van der Waals surface area contributed by atoms with Gasteiger partial charge in [-0.25, -0.2) is 0 Å². The Morgan fingerprint density at radius 1 is 1.21 bits per heavy atom. The molecule has 7 heteroatoms. The zero-order chi connectivity index (χ0) is 20.1. The maximum Gasteiger partial charge on any atom is 0.258 e. The summed E-state index contributed by atoms with van der Waals surface area (Å²) in [6.07, 6.45) is 0. The number of piperazine rings is 1. The number of carbonyl (C=O) groups excluding carboxylic acids is 1. The lowest BCUT2D eigenvalue weighted by Gasteiger charge is -2.37. The van der Waals surface area contributed by atoms with Crippen LogP contribution in [-0.4, -0.2) is 62.1 Å². The minimum absolute atomic E-state index is 0.0177. The van der Waals surface area contributed by atoms with E-state index in [-0.39, 0.29) is 18.6 Å². The van der Waals surface area contributed by atoms with Crippen molar-refractivity contribution in [1.29, 1.82) is 0 Å². The van der Waals surface area contributed by atoms with E-state index < -0.39 is 0 Å². The van der Waals surface area contributed by atoms with Crippen LogP contribution in [0, 0.1) is 13.8 Å². The Morgan fingerprint density at radius 2 is 1.96 bits per heavy atom. The lowest BCUT2D eigenvalue weighted by atomic mass is 10.1. The van der Waals surface area contributed by atoms with E-state index in [0.29, 0.717) is 17.3 Å². The Balaban J connectivity index is 1.56. The van der Waals surface area contributed by atoms with Crippen molar-refractivity contribution in [2.24, 2.45) is 0 Å². The van der Waals surface area contributed by atoms with E-state index in [4.69, 9.17) is 20.8 Å². The number of hydrogen-bond acceptors (Lipinski definition) is 5. The molecule has 2 heterocycles. The molecule has 1 fully saturated rings. The number of furan rings is 1. The maximum atomic E-state index is 12.3. The van der Waals surface area contributed by atoms with E-state index in [1.54, 1.807) is 12.1 Å². The third-order valence-corrected chi connectivity index (χ3v) is 5.48. The van der Waals surface area contributed by atoms with Crippen LogP contribution in [0.15, 0.2) is 34.7 Å². The second-order valence-electron chi connectivity index (χ2n) is 7.31. The number of nitrogens with one attached hydrogen (secondary N) is 1. The SMILES string of the molecule is Cc1ccc([C@H](CNC(=O)COc2ccc(Cl)c(C)c2)N2CCN(C)CC2)o1. The van der Waals surface area contributed by atoms with Crippen molar-refractivity contribution < 1.29 is 13.9 Å². The van der Waals surface area contributed by atoms with Crippen molar-refractivity contribution in [2.45, 2.75) is 19.9 Å². The van der Waals surface area contributed by atoms with Gasteiger partial charge in [0.05, 0.1) is 6.04 Å². The van der Waals surface area contributed by atoms with Gasteiger partial charge in [0, 0.05) is 37.7 Å². The average molecular weight is 406 g/mol. The number of rotatable bonds is 7. The number of carbonyl (C=O) groups is 1. The first-order valence-electron chi connectivity index (χ1n) is 9.57. The van der Waals surface area contributed by atoms with Crippen LogP contribution in [0.4, 0.5) is 0 Å². The number of nitrogens with zero attached hydrogens (tertiary/aromatic N) is 2. The van der Waals surface area contributed by atoms with Crippen LogP contribution in [0.2, 0.25) is 5.02 Å². The van der Waals surface area contributed by atoms with Crippen molar-refractivity contribution in [1.82, 2.24) is 15.1 Å². The van der Waals surface area contributed by atoms with Gasteiger partial charge in [-0.3, -0.25) is 9.69 Å². The molecule has 1 aliphatic heterocycles. The van der Waals surface area contributed by atoms with Gasteiger partial charge in [0.2, 0.25) is 0 Å². The second-order valence-corrected chi connectivity index (χ2v) is 7.71. The Bertz CT molecular complexity index is 800. The minimum atomic E-state index is -0.157. The highest BCUT2D eigenvalue weighted by atomic mass is 35.5. The molecule has 6 nitrogen and oxygen atoms in total. The predicted molar refractivity (Wildman–Crippen MR) is 110 cm³/mol. The number of halogens is 1. The lowest BCUT2D eigenvalue weighted by molar-refractivity contribution is -0.123. The Labute approximate surface area is 171 Å². The summed E-state index contributed by atoms with van der Waals surface area (Å²) < 4.78 is 11.5. The Morgan fingerprint density at radius 3 is 2.61 bits per heavy atom. The van der Waals surface area contributed by atoms with Crippen LogP contribution in [0.25, 0.3) is 0 Å². The summed E-state index contributed by atoms with van der Waals surface area (Å²) in [6, 6.07) is 9.34. The topological polar surface area (TPSA) is 58.0 Å². The zero-order valence-corrected chi connectivity index (χ0v) is 17.5. The molecule has 0 unspecified atom stereocenters. The van der Waals surface area contributed by atoms with Crippen molar-refractivity contribution in [3.8, 4) is 5.75 Å². The number of likely N-dealkylation sites (N-methyl/N-ethyl adjacent to an activating group) is 1. The zero-order valence-electron chi connectivity index (χ0n) is 16.7. The molecule has 2 aromatic rings. The van der Waals surface area contributed by atoms with Crippen LogP contribution in [0.3, 0.4) is 0 Å². The Hall–Kier alpha value is -2.02. The van der Waals surface area contributed by atoms with E-state index in [2.05, 4.69) is 22.2 Å². The molecule has 1 aromatic carbocycles. The van der Waals surface area contributed by atoms with E-state index in [1.807, 2.05) is 32.0 Å². The molecule has 1 atom stereocenters. The summed E-state index contributed by atoms with van der Waals surface area (Å²) in [7, 11) is 2.13. The van der Waals surface area contributed by atoms with Gasteiger partial charge >= 0.3 is 0 Å². The summed E-state index contributed by atoms with van der Waals surface area (Å²) >= 11 is 6.02. The molecule has 0 bridgehead atoms. The van der Waals surface area contributed by atoms with Gasteiger partial charge in [0.1, 0.15) is 17.3 Å². The number of aryl methyl sites for hydroxylation is 2. The molecule has 0 spiro atoms. The van der Waals surface area contributed by atoms with Gasteiger partial charge < -0.3 is 19.4 Å². The molecule has 0 saturated carbocycles. The molecule has 28 heavy (non-hydrogen) atoms. The van der Waals surface area contributed by atoms with Gasteiger partial charge in [0.25, 0.3) is 5.91 Å². The van der Waals surface area contributed by atoms with Gasteiger partial charge in [-0.1, -0.05) is 11.6 Å². The highest BCUT2D eigenvalue weighted by Crippen LogP contribution is 2.24. The van der Waals surface area contributed by atoms with Crippen LogP contribution in [0.1, 0.15) is 23.1 Å². The standard InChI is InChI=1S/C21H28ClN3O3/c1-15-12-17(5-6-18(15)22)27-14-21(26)23-13-19(20-7-4-16(2)28-20)25-10-8-24(3)9-11-25/h4-7,12,19H,8-11,13-14H2,1-3H3,(H,23,26)/t19-/m0/s1. The van der Waals surface area contributed by atoms with Crippen LogP contribution in [-0.2, 0) is 4.79 Å². The van der Waals surface area contributed by atoms with Crippen molar-refractivity contribution in [3.63, 3.8) is 0 Å². The Kier molecular flexibility index (Phi) is 6.99. The number of ether oxygens (including phenoxy) is 1. The summed E-state index contributed by atoms with van der Waals surface area (Å²) in [6.45, 7) is 8.18. The summed E-state index contributed by atoms with van der Waals surface area (Å²) in [5, 5.41) is 3.67. The average Bonchev–Trinajstić information content (AvgIpc) is 3.10. The molecule has 152 valence electrons. The van der Waals surface area contributed by atoms with Crippen LogP contribution in [0.5, 0.6) is 5.75 Å².